The first-order valence-electron chi connectivity index (χ1n) is 2.85. The van der Waals surface area contributed by atoms with Crippen molar-refractivity contribution in [2.24, 2.45) is 0 Å². The van der Waals surface area contributed by atoms with Gasteiger partial charge in [-0.15, -0.1) is 18.2 Å². The monoisotopic (exact) mass is 204 g/mol. The maximum absolute atomic E-state index is 12.8. The van der Waals surface area contributed by atoms with E-state index in [1.165, 1.54) is 0 Å². The molecule has 64 valence electrons. The van der Waals surface area contributed by atoms with Crippen LogP contribution in [0.15, 0.2) is 12.7 Å². The zero-order valence-corrected chi connectivity index (χ0v) is 6.89. The third-order valence-electron chi connectivity index (χ3n) is 1.78. The van der Waals surface area contributed by atoms with Crippen LogP contribution in [-0.4, -0.2) is 15.9 Å². The second kappa shape index (κ2) is 2.07. The Morgan fingerprint density at radius 2 is 1.73 bits per heavy atom. The van der Waals surface area contributed by atoms with Gasteiger partial charge in [0.15, 0.2) is 0 Å². The fraction of sp³-hybridized carbons (Fsp3) is 0.667. The van der Waals surface area contributed by atoms with Crippen LogP contribution in [0.3, 0.4) is 0 Å². The summed E-state index contributed by atoms with van der Waals surface area (Å²) in [6.45, 7) is 3.13. The van der Waals surface area contributed by atoms with Crippen molar-refractivity contribution >= 4 is 23.2 Å². The minimum Gasteiger partial charge on any atom is -0.217 e. The number of hydrogen-bond acceptors (Lipinski definition) is 0. The molecule has 0 saturated heterocycles. The second-order valence-electron chi connectivity index (χ2n) is 2.52. The lowest BCUT2D eigenvalue weighted by atomic mass is 9.77. The molecule has 0 N–H and O–H groups in total. The van der Waals surface area contributed by atoms with Crippen LogP contribution in [0.1, 0.15) is 6.42 Å². The standard InChI is InChI=1S/C6H5Cl2F3/c1-2-4(7)3-5(9,10)6(4,8)11/h2H,1,3H2. The zero-order valence-electron chi connectivity index (χ0n) is 5.38. The maximum atomic E-state index is 12.8. The Morgan fingerprint density at radius 1 is 1.27 bits per heavy atom. The van der Waals surface area contributed by atoms with Crippen LogP contribution in [0.4, 0.5) is 13.2 Å². The van der Waals surface area contributed by atoms with Crippen LogP contribution >= 0.6 is 23.2 Å². The van der Waals surface area contributed by atoms with Crippen LogP contribution in [0.5, 0.6) is 0 Å². The van der Waals surface area contributed by atoms with Crippen LogP contribution in [0.25, 0.3) is 0 Å². The van der Waals surface area contributed by atoms with Gasteiger partial charge in [-0.05, 0) is 0 Å². The fourth-order valence-corrected chi connectivity index (χ4v) is 1.46. The summed E-state index contributed by atoms with van der Waals surface area (Å²) in [7, 11) is 0. The Kier molecular flexibility index (Phi) is 1.74. The molecule has 1 saturated carbocycles. The first-order chi connectivity index (χ1) is 4.77. The SMILES string of the molecule is C=CC1(Cl)CC(F)(F)C1(F)Cl. The highest BCUT2D eigenvalue weighted by Gasteiger charge is 2.76. The van der Waals surface area contributed by atoms with Gasteiger partial charge in [0, 0.05) is 6.42 Å². The van der Waals surface area contributed by atoms with Gasteiger partial charge < -0.3 is 0 Å². The van der Waals surface area contributed by atoms with Gasteiger partial charge in [0.1, 0.15) is 4.87 Å². The Labute approximate surface area is 72.0 Å². The van der Waals surface area contributed by atoms with E-state index in [-0.39, 0.29) is 0 Å². The lowest BCUT2D eigenvalue weighted by Gasteiger charge is -2.49. The molecule has 0 aliphatic heterocycles. The van der Waals surface area contributed by atoms with Gasteiger partial charge in [-0.25, -0.2) is 13.2 Å². The average Bonchev–Trinajstić information content (AvgIpc) is 1.86. The Balaban J connectivity index is 2.93. The minimum absolute atomic E-state index is 0.801. The predicted molar refractivity (Wildman–Crippen MR) is 38.0 cm³/mol. The van der Waals surface area contributed by atoms with Crippen molar-refractivity contribution in [2.45, 2.75) is 22.3 Å². The molecular weight excluding hydrogens is 200 g/mol. The van der Waals surface area contributed by atoms with Crippen molar-refractivity contribution in [3.05, 3.63) is 12.7 Å². The van der Waals surface area contributed by atoms with E-state index in [9.17, 15) is 13.2 Å². The van der Waals surface area contributed by atoms with E-state index in [0.29, 0.717) is 0 Å². The summed E-state index contributed by atoms with van der Waals surface area (Å²) in [6.07, 6.45) is 0.101. The van der Waals surface area contributed by atoms with E-state index >= 15 is 0 Å². The molecule has 0 heterocycles. The third kappa shape index (κ3) is 0.905. The molecule has 2 atom stereocenters. The zero-order chi connectivity index (χ0) is 8.91. The normalized spacial score (nSPS) is 48.1. The number of halogens is 5. The van der Waals surface area contributed by atoms with Gasteiger partial charge in [-0.1, -0.05) is 17.7 Å². The average molecular weight is 205 g/mol. The molecule has 1 aliphatic carbocycles. The Hall–Kier alpha value is 0.110. The van der Waals surface area contributed by atoms with Crippen LogP contribution < -0.4 is 0 Å². The Morgan fingerprint density at radius 3 is 1.82 bits per heavy atom. The molecule has 0 radical (unpaired) electrons. The summed E-state index contributed by atoms with van der Waals surface area (Å²) in [5.74, 6) is -3.55. The molecule has 1 aliphatic rings. The van der Waals surface area contributed by atoms with E-state index in [2.05, 4.69) is 6.58 Å². The molecule has 0 bridgehead atoms. The van der Waals surface area contributed by atoms with Crippen molar-refractivity contribution in [2.75, 3.05) is 0 Å². The molecule has 0 nitrogen and oxygen atoms in total. The molecule has 0 aromatic heterocycles. The molecule has 1 rings (SSSR count). The molecule has 1 fully saturated rings. The molecule has 0 aromatic carbocycles. The van der Waals surface area contributed by atoms with Gasteiger partial charge in [0.2, 0.25) is 0 Å². The predicted octanol–water partition coefficient (Wildman–Crippen LogP) is 3.09. The van der Waals surface area contributed by atoms with Crippen LogP contribution in [0.2, 0.25) is 0 Å². The number of allylic oxidation sites excluding steroid dienone is 1. The molecule has 5 heteroatoms. The van der Waals surface area contributed by atoms with Crippen LogP contribution in [0, 0.1) is 0 Å². The second-order valence-corrected chi connectivity index (χ2v) is 3.72. The van der Waals surface area contributed by atoms with Crippen molar-refractivity contribution in [1.29, 1.82) is 0 Å². The third-order valence-corrected chi connectivity index (χ3v) is 3.04. The van der Waals surface area contributed by atoms with E-state index in [1.54, 1.807) is 0 Å². The topological polar surface area (TPSA) is 0 Å². The van der Waals surface area contributed by atoms with E-state index < -0.39 is 22.3 Å². The highest BCUT2D eigenvalue weighted by Crippen LogP contribution is 2.62. The molecule has 0 aromatic rings. The fourth-order valence-electron chi connectivity index (χ4n) is 0.943. The Bertz CT molecular complexity index is 202. The van der Waals surface area contributed by atoms with Gasteiger partial charge >= 0.3 is 0 Å². The van der Waals surface area contributed by atoms with Gasteiger partial charge in [0.25, 0.3) is 11.1 Å². The minimum atomic E-state index is -3.55. The summed E-state index contributed by atoms with van der Waals surface area (Å²) < 4.78 is 37.6. The summed E-state index contributed by atoms with van der Waals surface area (Å²) in [6, 6.07) is 0. The number of hydrogen-bond donors (Lipinski definition) is 0. The first-order valence-corrected chi connectivity index (χ1v) is 3.60. The molecular formula is C6H5Cl2F3. The molecule has 0 amide bonds. The summed E-state index contributed by atoms with van der Waals surface area (Å²) in [5.41, 5.74) is 0. The van der Waals surface area contributed by atoms with Crippen molar-refractivity contribution in [3.63, 3.8) is 0 Å². The number of alkyl halides is 5. The van der Waals surface area contributed by atoms with Gasteiger partial charge in [-0.2, -0.15) is 0 Å². The smallest absolute Gasteiger partial charge is 0.217 e. The number of rotatable bonds is 1. The first kappa shape index (κ1) is 9.20. The van der Waals surface area contributed by atoms with Crippen molar-refractivity contribution in [3.8, 4) is 0 Å². The molecule has 11 heavy (non-hydrogen) atoms. The van der Waals surface area contributed by atoms with Gasteiger partial charge in [0.05, 0.1) is 0 Å². The van der Waals surface area contributed by atoms with E-state index in [1.807, 2.05) is 0 Å². The van der Waals surface area contributed by atoms with Crippen molar-refractivity contribution < 1.29 is 13.2 Å². The lowest BCUT2D eigenvalue weighted by Crippen LogP contribution is -2.66. The summed E-state index contributed by atoms with van der Waals surface area (Å²) in [5, 5.41) is -3.19. The summed E-state index contributed by atoms with van der Waals surface area (Å²) in [4.78, 5) is -1.82. The molecule has 2 unspecified atom stereocenters. The van der Waals surface area contributed by atoms with Crippen LogP contribution in [-0.2, 0) is 0 Å². The van der Waals surface area contributed by atoms with Gasteiger partial charge in [-0.3, -0.25) is 0 Å². The lowest BCUT2D eigenvalue weighted by molar-refractivity contribution is -0.182. The maximum Gasteiger partial charge on any atom is 0.299 e. The van der Waals surface area contributed by atoms with E-state index in [4.69, 9.17) is 23.2 Å². The molecule has 0 spiro atoms. The largest absolute Gasteiger partial charge is 0.299 e. The highest BCUT2D eigenvalue weighted by molar-refractivity contribution is 6.37. The quantitative estimate of drug-likeness (QED) is 0.455. The van der Waals surface area contributed by atoms with E-state index in [0.717, 1.165) is 6.08 Å². The summed E-state index contributed by atoms with van der Waals surface area (Å²) >= 11 is 10.2. The van der Waals surface area contributed by atoms with Crippen molar-refractivity contribution in [1.82, 2.24) is 0 Å². The highest BCUT2D eigenvalue weighted by atomic mass is 35.5.